The van der Waals surface area contributed by atoms with Crippen LogP contribution in [0.1, 0.15) is 37.5 Å². The minimum atomic E-state index is -3.14. The van der Waals surface area contributed by atoms with Crippen LogP contribution in [0.2, 0.25) is 0 Å². The van der Waals surface area contributed by atoms with Gasteiger partial charge < -0.3 is 0 Å². The summed E-state index contributed by atoms with van der Waals surface area (Å²) >= 11 is 1.66. The summed E-state index contributed by atoms with van der Waals surface area (Å²) in [5.41, 5.74) is 6.28. The Morgan fingerprint density at radius 2 is 1.52 bits per heavy atom. The number of fused-ring (bicyclic) bond motifs is 1. The first kappa shape index (κ1) is 18.1. The maximum Gasteiger partial charge on any atom is 0.159 e. The third-order valence-corrected chi connectivity index (χ3v) is 7.80. The van der Waals surface area contributed by atoms with E-state index in [-0.39, 0.29) is 5.75 Å². The van der Waals surface area contributed by atoms with Crippen LogP contribution in [-0.2, 0) is 28.4 Å². The molecule has 132 valence electrons. The number of benzene rings is 2. The first-order valence-corrected chi connectivity index (χ1v) is 10.9. The highest BCUT2D eigenvalue weighted by molar-refractivity contribution is 7.91. The molecule has 1 heterocycles. The summed E-state index contributed by atoms with van der Waals surface area (Å²) in [4.78, 5) is 4.36. The van der Waals surface area contributed by atoms with Crippen LogP contribution in [-0.4, -0.2) is 18.1 Å². The minimum absolute atomic E-state index is 0.0945. The maximum absolute atomic E-state index is 12.3. The molecule has 0 aliphatic carbocycles. The molecule has 0 amide bonds. The Labute approximate surface area is 153 Å². The van der Waals surface area contributed by atoms with E-state index >= 15 is 0 Å². The van der Waals surface area contributed by atoms with Crippen molar-refractivity contribution < 1.29 is 8.42 Å². The second kappa shape index (κ2) is 6.89. The lowest BCUT2D eigenvalue weighted by atomic mass is 10.0. The molecular formula is C20H23NO2S2. The van der Waals surface area contributed by atoms with E-state index in [2.05, 4.69) is 23.2 Å². The first-order chi connectivity index (χ1) is 11.7. The molecule has 0 aliphatic rings. The molecule has 3 rings (SSSR count). The molecule has 0 radical (unpaired) electrons. The number of nitrogens with zero attached hydrogens (tertiary/aromatic N) is 1. The van der Waals surface area contributed by atoms with Gasteiger partial charge in [-0.3, -0.25) is 0 Å². The molecule has 25 heavy (non-hydrogen) atoms. The van der Waals surface area contributed by atoms with Crippen LogP contribution < -0.4 is 0 Å². The molecule has 0 fully saturated rings. The average Bonchev–Trinajstić information content (AvgIpc) is 3.00. The second-order valence-electron chi connectivity index (χ2n) is 7.34. The summed E-state index contributed by atoms with van der Waals surface area (Å²) in [6.45, 7) is 5.24. The average molecular weight is 374 g/mol. The number of hydrogen-bond donors (Lipinski definition) is 0. The van der Waals surface area contributed by atoms with Crippen molar-refractivity contribution >= 4 is 31.4 Å². The fraction of sp³-hybridized carbons (Fsp3) is 0.350. The molecule has 2 aromatic carbocycles. The lowest BCUT2D eigenvalue weighted by Gasteiger charge is -2.19. The lowest BCUT2D eigenvalue weighted by Crippen LogP contribution is -2.29. The summed E-state index contributed by atoms with van der Waals surface area (Å²) in [7, 11) is -3.14. The Hall–Kier alpha value is -1.72. The zero-order valence-electron chi connectivity index (χ0n) is 14.8. The van der Waals surface area contributed by atoms with E-state index in [0.717, 1.165) is 23.9 Å². The smallest absolute Gasteiger partial charge is 0.159 e. The molecule has 0 unspecified atom stereocenters. The van der Waals surface area contributed by atoms with E-state index in [9.17, 15) is 8.42 Å². The molecule has 0 aliphatic heterocycles. The molecular weight excluding hydrogens is 350 g/mol. The van der Waals surface area contributed by atoms with Gasteiger partial charge in [0.15, 0.2) is 9.84 Å². The van der Waals surface area contributed by atoms with E-state index in [1.807, 2.05) is 29.8 Å². The van der Waals surface area contributed by atoms with Gasteiger partial charge >= 0.3 is 0 Å². The fourth-order valence-electron chi connectivity index (χ4n) is 2.59. The maximum atomic E-state index is 12.3. The van der Waals surface area contributed by atoms with Crippen molar-refractivity contribution in [3.63, 3.8) is 0 Å². The number of sulfone groups is 1. The molecule has 0 N–H and O–H groups in total. The monoisotopic (exact) mass is 373 g/mol. The van der Waals surface area contributed by atoms with E-state index in [1.165, 1.54) is 15.8 Å². The standard InChI is InChI=1S/C20H23NO2S2/c1-20(2,3)25(22,23)13-17-8-5-15(6-9-17)4-7-16-10-11-19-18(12-16)21-14-24-19/h5-6,8-12,14H,4,7,13H2,1-3H3. The summed E-state index contributed by atoms with van der Waals surface area (Å²) in [6.07, 6.45) is 1.88. The van der Waals surface area contributed by atoms with Gasteiger partial charge in [-0.1, -0.05) is 30.3 Å². The van der Waals surface area contributed by atoms with Gasteiger partial charge in [0.1, 0.15) is 0 Å². The number of thiazole rings is 1. The van der Waals surface area contributed by atoms with Crippen LogP contribution in [0.3, 0.4) is 0 Å². The lowest BCUT2D eigenvalue weighted by molar-refractivity contribution is 0.559. The predicted molar refractivity (Wildman–Crippen MR) is 106 cm³/mol. The van der Waals surface area contributed by atoms with Crippen LogP contribution in [0.4, 0.5) is 0 Å². The highest BCUT2D eigenvalue weighted by atomic mass is 32.2. The topological polar surface area (TPSA) is 47.0 Å². The third-order valence-electron chi connectivity index (χ3n) is 4.41. The molecule has 5 heteroatoms. The SMILES string of the molecule is CC(C)(C)S(=O)(=O)Cc1ccc(CCc2ccc3scnc3c2)cc1. The number of aryl methyl sites for hydroxylation is 2. The van der Waals surface area contributed by atoms with Crippen molar-refractivity contribution in [3.8, 4) is 0 Å². The predicted octanol–water partition coefficient (Wildman–Crippen LogP) is 4.79. The summed E-state index contributed by atoms with van der Waals surface area (Å²) in [5, 5.41) is 0. The van der Waals surface area contributed by atoms with E-state index in [0.29, 0.717) is 0 Å². The molecule has 1 aromatic heterocycles. The molecule has 0 saturated carbocycles. The fourth-order valence-corrected chi connectivity index (χ4v) is 4.31. The zero-order valence-corrected chi connectivity index (χ0v) is 16.5. The Balaban J connectivity index is 1.64. The van der Waals surface area contributed by atoms with Gasteiger partial charge in [-0.2, -0.15) is 0 Å². The summed E-state index contributed by atoms with van der Waals surface area (Å²) in [5.74, 6) is 0.0945. The van der Waals surface area contributed by atoms with Crippen molar-refractivity contribution in [1.29, 1.82) is 0 Å². The van der Waals surface area contributed by atoms with Crippen LogP contribution in [0, 0.1) is 0 Å². The van der Waals surface area contributed by atoms with Crippen molar-refractivity contribution in [2.45, 2.75) is 44.1 Å². The number of aromatic nitrogens is 1. The van der Waals surface area contributed by atoms with Crippen molar-refractivity contribution in [3.05, 3.63) is 64.7 Å². The van der Waals surface area contributed by atoms with Gasteiger partial charge in [-0.05, 0) is 62.4 Å². The van der Waals surface area contributed by atoms with Gasteiger partial charge in [0.05, 0.1) is 26.2 Å². The normalized spacial score (nSPS) is 12.6. The van der Waals surface area contributed by atoms with Gasteiger partial charge in [0.2, 0.25) is 0 Å². The first-order valence-electron chi connectivity index (χ1n) is 8.37. The van der Waals surface area contributed by atoms with Gasteiger partial charge in [-0.15, -0.1) is 11.3 Å². The van der Waals surface area contributed by atoms with E-state index in [1.54, 1.807) is 32.1 Å². The van der Waals surface area contributed by atoms with Gasteiger partial charge in [0.25, 0.3) is 0 Å². The van der Waals surface area contributed by atoms with Crippen molar-refractivity contribution in [2.24, 2.45) is 0 Å². The van der Waals surface area contributed by atoms with Crippen LogP contribution in [0.15, 0.2) is 48.0 Å². The van der Waals surface area contributed by atoms with Crippen LogP contribution in [0.25, 0.3) is 10.2 Å². The van der Waals surface area contributed by atoms with E-state index < -0.39 is 14.6 Å². The van der Waals surface area contributed by atoms with Gasteiger partial charge in [0, 0.05) is 0 Å². The molecule has 0 saturated heterocycles. The largest absolute Gasteiger partial charge is 0.245 e. The number of rotatable bonds is 5. The highest BCUT2D eigenvalue weighted by Crippen LogP contribution is 2.22. The molecule has 3 nitrogen and oxygen atoms in total. The Bertz CT molecular complexity index is 965. The summed E-state index contributed by atoms with van der Waals surface area (Å²) in [6, 6.07) is 14.4. The highest BCUT2D eigenvalue weighted by Gasteiger charge is 2.28. The zero-order chi connectivity index (χ0) is 18.1. The molecule has 0 bridgehead atoms. The minimum Gasteiger partial charge on any atom is -0.245 e. The van der Waals surface area contributed by atoms with Gasteiger partial charge in [-0.25, -0.2) is 13.4 Å². The Morgan fingerprint density at radius 3 is 2.20 bits per heavy atom. The molecule has 0 atom stereocenters. The molecule has 0 spiro atoms. The quantitative estimate of drug-likeness (QED) is 0.646. The Kier molecular flexibility index (Phi) is 4.98. The van der Waals surface area contributed by atoms with Crippen LogP contribution >= 0.6 is 11.3 Å². The number of hydrogen-bond acceptors (Lipinski definition) is 4. The third kappa shape index (κ3) is 4.28. The Morgan fingerprint density at radius 1 is 0.920 bits per heavy atom. The van der Waals surface area contributed by atoms with Crippen molar-refractivity contribution in [1.82, 2.24) is 4.98 Å². The van der Waals surface area contributed by atoms with Crippen molar-refractivity contribution in [2.75, 3.05) is 0 Å². The van der Waals surface area contributed by atoms with Crippen LogP contribution in [0.5, 0.6) is 0 Å². The molecule has 3 aromatic rings. The second-order valence-corrected chi connectivity index (χ2v) is 11.0. The summed E-state index contributed by atoms with van der Waals surface area (Å²) < 4.78 is 25.1. The van der Waals surface area contributed by atoms with E-state index in [4.69, 9.17) is 0 Å².